The van der Waals surface area contributed by atoms with E-state index in [0.29, 0.717) is 30.5 Å². The molecule has 0 aliphatic rings. The number of rotatable bonds is 7. The van der Waals surface area contributed by atoms with Gasteiger partial charge in [-0.25, -0.2) is 0 Å². The zero-order chi connectivity index (χ0) is 15.2. The Labute approximate surface area is 121 Å². The van der Waals surface area contributed by atoms with Crippen LogP contribution in [0.5, 0.6) is 11.8 Å². The third-order valence-electron chi connectivity index (χ3n) is 2.74. The number of nitrogens with zero attached hydrogens (tertiary/aromatic N) is 4. The van der Waals surface area contributed by atoms with Crippen molar-refractivity contribution in [2.75, 3.05) is 14.2 Å². The summed E-state index contributed by atoms with van der Waals surface area (Å²) in [5.41, 5.74) is 5.25. The van der Waals surface area contributed by atoms with Crippen LogP contribution in [0.4, 0.5) is 0 Å². The number of amides is 1. The minimum absolute atomic E-state index is 0.134. The summed E-state index contributed by atoms with van der Waals surface area (Å²) in [6, 6.07) is 4.31. The molecule has 0 aliphatic carbocycles. The maximum absolute atomic E-state index is 10.9. The molecule has 2 aromatic heterocycles. The monoisotopic (exact) mass is 290 g/mol. The van der Waals surface area contributed by atoms with E-state index in [-0.39, 0.29) is 5.69 Å². The average molecular weight is 290 g/mol. The van der Waals surface area contributed by atoms with Crippen molar-refractivity contribution in [3.63, 3.8) is 0 Å². The van der Waals surface area contributed by atoms with E-state index in [1.54, 1.807) is 16.9 Å². The number of aryl methyl sites for hydroxylation is 2. The molecule has 2 aromatic rings. The van der Waals surface area contributed by atoms with Gasteiger partial charge in [0.2, 0.25) is 11.8 Å². The summed E-state index contributed by atoms with van der Waals surface area (Å²) in [5, 5.41) is 4.00. The van der Waals surface area contributed by atoms with Crippen LogP contribution in [0.3, 0.4) is 0 Å². The second kappa shape index (κ2) is 6.69. The highest BCUT2D eigenvalue weighted by Gasteiger charge is 2.07. The maximum atomic E-state index is 10.9. The Morgan fingerprint density at radius 3 is 2.52 bits per heavy atom. The van der Waals surface area contributed by atoms with Gasteiger partial charge in [-0.3, -0.25) is 9.48 Å². The Bertz CT molecular complexity index is 604. The molecule has 0 spiro atoms. The normalized spacial score (nSPS) is 10.4. The lowest BCUT2D eigenvalue weighted by molar-refractivity contribution is 0.0994. The number of primary amides is 1. The second-order valence-electron chi connectivity index (χ2n) is 4.22. The molecule has 8 heteroatoms. The number of methoxy groups -OCH3 is 2. The lowest BCUT2D eigenvalue weighted by Gasteiger charge is -2.06. The van der Waals surface area contributed by atoms with Crippen LogP contribution in [0, 0.1) is 6.07 Å². The van der Waals surface area contributed by atoms with Crippen molar-refractivity contribution in [2.24, 2.45) is 5.73 Å². The summed E-state index contributed by atoms with van der Waals surface area (Å²) in [4.78, 5) is 19.4. The minimum Gasteiger partial charge on any atom is -0.481 e. The van der Waals surface area contributed by atoms with Crippen LogP contribution < -0.4 is 15.2 Å². The van der Waals surface area contributed by atoms with E-state index in [0.717, 1.165) is 6.42 Å². The molecule has 8 nitrogen and oxygen atoms in total. The number of ether oxygens (including phenoxy) is 2. The van der Waals surface area contributed by atoms with Crippen molar-refractivity contribution in [2.45, 2.75) is 19.4 Å². The third-order valence-corrected chi connectivity index (χ3v) is 2.74. The molecule has 0 bridgehead atoms. The highest BCUT2D eigenvalue weighted by atomic mass is 16.5. The molecule has 1 radical (unpaired) electrons. The van der Waals surface area contributed by atoms with Crippen LogP contribution in [-0.2, 0) is 13.0 Å². The second-order valence-corrected chi connectivity index (χ2v) is 4.22. The van der Waals surface area contributed by atoms with E-state index >= 15 is 0 Å². The SMILES string of the molecule is COc1cc(OC)nc(CCCn2c[c]c(C(N)=O)n2)n1. The highest BCUT2D eigenvalue weighted by Crippen LogP contribution is 2.15. The van der Waals surface area contributed by atoms with Crippen molar-refractivity contribution in [1.29, 1.82) is 0 Å². The Morgan fingerprint density at radius 2 is 2.00 bits per heavy atom. The van der Waals surface area contributed by atoms with Gasteiger partial charge in [0.15, 0.2) is 5.69 Å². The summed E-state index contributed by atoms with van der Waals surface area (Å²) in [7, 11) is 3.08. The van der Waals surface area contributed by atoms with Crippen molar-refractivity contribution in [3.8, 4) is 11.8 Å². The van der Waals surface area contributed by atoms with Crippen molar-refractivity contribution in [3.05, 3.63) is 29.8 Å². The summed E-state index contributed by atoms with van der Waals surface area (Å²) in [5.74, 6) is 0.952. The van der Waals surface area contributed by atoms with E-state index in [9.17, 15) is 4.79 Å². The van der Waals surface area contributed by atoms with Gasteiger partial charge in [0.1, 0.15) is 5.82 Å². The first-order valence-electron chi connectivity index (χ1n) is 6.33. The molecule has 111 valence electrons. The first kappa shape index (κ1) is 14.8. The molecular formula is C13H16N5O3. The van der Waals surface area contributed by atoms with Crippen LogP contribution in [0.2, 0.25) is 0 Å². The fourth-order valence-corrected chi connectivity index (χ4v) is 1.73. The molecule has 21 heavy (non-hydrogen) atoms. The van der Waals surface area contributed by atoms with Crippen LogP contribution in [0.15, 0.2) is 12.3 Å². The predicted molar refractivity (Wildman–Crippen MR) is 73.0 cm³/mol. The fraction of sp³-hybridized carbons (Fsp3) is 0.385. The summed E-state index contributed by atoms with van der Waals surface area (Å²) in [6.07, 6.45) is 2.95. The van der Waals surface area contributed by atoms with Gasteiger partial charge in [0.05, 0.1) is 20.3 Å². The third kappa shape index (κ3) is 3.91. The molecule has 0 aromatic carbocycles. The topological polar surface area (TPSA) is 105 Å². The summed E-state index contributed by atoms with van der Waals surface area (Å²) < 4.78 is 11.8. The van der Waals surface area contributed by atoms with Gasteiger partial charge < -0.3 is 15.2 Å². The smallest absolute Gasteiger partial charge is 0.269 e. The average Bonchev–Trinajstić information content (AvgIpc) is 2.96. The molecule has 0 unspecified atom stereocenters. The molecule has 2 rings (SSSR count). The van der Waals surface area contributed by atoms with Crippen LogP contribution in [-0.4, -0.2) is 39.9 Å². The van der Waals surface area contributed by atoms with Gasteiger partial charge in [-0.15, -0.1) is 0 Å². The maximum Gasteiger partial charge on any atom is 0.269 e. The number of hydrogen-bond acceptors (Lipinski definition) is 6. The van der Waals surface area contributed by atoms with E-state index < -0.39 is 5.91 Å². The lowest BCUT2D eigenvalue weighted by atomic mass is 10.3. The highest BCUT2D eigenvalue weighted by molar-refractivity contribution is 5.90. The van der Waals surface area contributed by atoms with Gasteiger partial charge in [-0.1, -0.05) is 0 Å². The van der Waals surface area contributed by atoms with E-state index in [1.165, 1.54) is 14.2 Å². The molecular weight excluding hydrogens is 274 g/mol. The molecule has 1 amide bonds. The van der Waals surface area contributed by atoms with Crippen LogP contribution >= 0.6 is 0 Å². The quantitative estimate of drug-likeness (QED) is 0.782. The number of carbonyl (C=O) groups excluding carboxylic acids is 1. The first-order chi connectivity index (χ1) is 10.1. The van der Waals surface area contributed by atoms with Crippen LogP contribution in [0.25, 0.3) is 0 Å². The Morgan fingerprint density at radius 1 is 1.33 bits per heavy atom. The molecule has 0 atom stereocenters. The minimum atomic E-state index is -0.588. The van der Waals surface area contributed by atoms with Gasteiger partial charge in [-0.2, -0.15) is 15.1 Å². The molecule has 2 N–H and O–H groups in total. The first-order valence-corrected chi connectivity index (χ1v) is 6.33. The van der Waals surface area contributed by atoms with Crippen molar-refractivity contribution >= 4 is 5.91 Å². The molecule has 0 fully saturated rings. The molecule has 0 aliphatic heterocycles. The Balaban J connectivity index is 1.94. The summed E-state index contributed by atoms with van der Waals surface area (Å²) in [6.45, 7) is 0.604. The number of hydrogen-bond donors (Lipinski definition) is 1. The Kier molecular flexibility index (Phi) is 4.70. The van der Waals surface area contributed by atoms with Gasteiger partial charge in [0.25, 0.3) is 5.91 Å². The van der Waals surface area contributed by atoms with Crippen molar-refractivity contribution in [1.82, 2.24) is 19.7 Å². The summed E-state index contributed by atoms with van der Waals surface area (Å²) >= 11 is 0. The molecule has 2 heterocycles. The standard InChI is InChI=1S/C13H16N5O3/c1-20-11-8-12(21-2)16-10(15-11)4-3-6-18-7-5-9(17-18)13(14)19/h7-8H,3-4,6H2,1-2H3,(H2,14,19). The predicted octanol–water partition coefficient (Wildman–Crippen LogP) is 0.222. The van der Waals surface area contributed by atoms with Gasteiger partial charge >= 0.3 is 0 Å². The Hall–Kier alpha value is -2.64. The van der Waals surface area contributed by atoms with Crippen molar-refractivity contribution < 1.29 is 14.3 Å². The van der Waals surface area contributed by atoms with Crippen LogP contribution in [0.1, 0.15) is 22.7 Å². The zero-order valence-electron chi connectivity index (χ0n) is 11.9. The van der Waals surface area contributed by atoms with Gasteiger partial charge in [-0.05, 0) is 6.42 Å². The number of nitrogens with two attached hydrogens (primary N) is 1. The van der Waals surface area contributed by atoms with Gasteiger partial charge in [0, 0.05) is 25.2 Å². The number of carbonyl (C=O) groups is 1. The fourth-order valence-electron chi connectivity index (χ4n) is 1.73. The van der Waals surface area contributed by atoms with E-state index in [4.69, 9.17) is 15.2 Å². The lowest BCUT2D eigenvalue weighted by Crippen LogP contribution is -2.13. The zero-order valence-corrected chi connectivity index (χ0v) is 11.9. The van der Waals surface area contributed by atoms with E-state index in [2.05, 4.69) is 21.1 Å². The molecule has 0 saturated heterocycles. The largest absolute Gasteiger partial charge is 0.481 e. The van der Waals surface area contributed by atoms with E-state index in [1.807, 2.05) is 0 Å². The number of aromatic nitrogens is 4. The molecule has 0 saturated carbocycles.